The van der Waals surface area contributed by atoms with Crippen molar-refractivity contribution in [3.63, 3.8) is 0 Å². The highest BCUT2D eigenvalue weighted by atomic mass is 32.1. The molecule has 1 saturated heterocycles. The third-order valence-electron chi connectivity index (χ3n) is 6.94. The highest BCUT2D eigenvalue weighted by Crippen LogP contribution is 2.36. The topological polar surface area (TPSA) is 124 Å². The van der Waals surface area contributed by atoms with Crippen LogP contribution in [-0.4, -0.2) is 37.5 Å². The highest BCUT2D eigenvalue weighted by Gasteiger charge is 2.34. The van der Waals surface area contributed by atoms with Crippen LogP contribution in [0.2, 0.25) is 0 Å². The van der Waals surface area contributed by atoms with Crippen molar-refractivity contribution in [3.8, 4) is 22.9 Å². The van der Waals surface area contributed by atoms with E-state index in [0.717, 1.165) is 29.1 Å². The van der Waals surface area contributed by atoms with E-state index in [1.165, 1.54) is 18.4 Å². The number of oxazole rings is 1. The van der Waals surface area contributed by atoms with Gasteiger partial charge in [0.15, 0.2) is 0 Å². The average Bonchev–Trinajstić information content (AvgIpc) is 3.76. The van der Waals surface area contributed by atoms with Gasteiger partial charge in [0.25, 0.3) is 5.91 Å². The van der Waals surface area contributed by atoms with Crippen LogP contribution in [-0.2, 0) is 12.0 Å². The van der Waals surface area contributed by atoms with Gasteiger partial charge in [-0.1, -0.05) is 12.1 Å². The number of nitrogens with zero attached hydrogens (tertiary/aromatic N) is 5. The van der Waals surface area contributed by atoms with Crippen LogP contribution in [0.15, 0.2) is 69.1 Å². The van der Waals surface area contributed by atoms with Crippen molar-refractivity contribution in [1.82, 2.24) is 25.1 Å². The predicted molar refractivity (Wildman–Crippen MR) is 147 cm³/mol. The summed E-state index contributed by atoms with van der Waals surface area (Å²) in [6, 6.07) is 11.3. The average molecular weight is 559 g/mol. The van der Waals surface area contributed by atoms with Crippen LogP contribution in [0.3, 0.4) is 0 Å². The second-order valence-corrected chi connectivity index (χ2v) is 11.1. The molecule has 9 nitrogen and oxygen atoms in total. The number of aryl methyl sites for hydroxylation is 1. The van der Waals surface area contributed by atoms with Crippen LogP contribution < -0.4 is 5.73 Å². The summed E-state index contributed by atoms with van der Waals surface area (Å²) in [5, 5.41) is 11.4. The second kappa shape index (κ2) is 10.4. The van der Waals surface area contributed by atoms with Gasteiger partial charge in [-0.05, 0) is 69.0 Å². The van der Waals surface area contributed by atoms with Gasteiger partial charge >= 0.3 is 0 Å². The molecule has 0 radical (unpaired) electrons. The first-order valence-electron chi connectivity index (χ1n) is 12.9. The van der Waals surface area contributed by atoms with Gasteiger partial charge in [0, 0.05) is 34.3 Å². The van der Waals surface area contributed by atoms with Crippen molar-refractivity contribution in [1.29, 1.82) is 0 Å². The van der Waals surface area contributed by atoms with Crippen LogP contribution in [0.1, 0.15) is 58.3 Å². The van der Waals surface area contributed by atoms with Gasteiger partial charge in [-0.15, -0.1) is 21.5 Å². The van der Waals surface area contributed by atoms with Crippen molar-refractivity contribution in [3.05, 3.63) is 93.8 Å². The first-order valence-corrected chi connectivity index (χ1v) is 13.8. The molecule has 5 aromatic rings. The van der Waals surface area contributed by atoms with Crippen molar-refractivity contribution in [2.45, 2.75) is 44.7 Å². The maximum atomic E-state index is 13.9. The molecule has 204 valence electrons. The minimum absolute atomic E-state index is 0.0699. The lowest BCUT2D eigenvalue weighted by Crippen LogP contribution is -2.35. The summed E-state index contributed by atoms with van der Waals surface area (Å²) >= 11 is 1.58. The van der Waals surface area contributed by atoms with E-state index < -0.39 is 5.54 Å². The van der Waals surface area contributed by atoms with Gasteiger partial charge in [-0.3, -0.25) is 4.79 Å². The van der Waals surface area contributed by atoms with Crippen LogP contribution in [0.25, 0.3) is 22.9 Å². The smallest absolute Gasteiger partial charge is 0.254 e. The molecule has 0 saturated carbocycles. The van der Waals surface area contributed by atoms with Gasteiger partial charge in [0.1, 0.15) is 17.1 Å². The van der Waals surface area contributed by atoms with Crippen LogP contribution in [0.4, 0.5) is 4.39 Å². The number of carbonyl (C=O) groups is 1. The summed E-state index contributed by atoms with van der Waals surface area (Å²) in [6.45, 7) is 4.37. The van der Waals surface area contributed by atoms with Gasteiger partial charge in [0.05, 0.1) is 17.8 Å². The Hall–Kier alpha value is -4.22. The van der Waals surface area contributed by atoms with E-state index in [4.69, 9.17) is 14.6 Å². The molecule has 0 bridgehead atoms. The first-order chi connectivity index (χ1) is 19.3. The molecule has 2 N–H and O–H groups in total. The first kappa shape index (κ1) is 26.0. The maximum absolute atomic E-state index is 13.9. The summed E-state index contributed by atoms with van der Waals surface area (Å²) in [7, 11) is 0. The van der Waals surface area contributed by atoms with Crippen molar-refractivity contribution < 1.29 is 18.0 Å². The third kappa shape index (κ3) is 5.17. The van der Waals surface area contributed by atoms with Crippen LogP contribution in [0.5, 0.6) is 0 Å². The molecule has 0 unspecified atom stereocenters. The second-order valence-electron chi connectivity index (χ2n) is 10.3. The summed E-state index contributed by atoms with van der Waals surface area (Å²) in [5.41, 5.74) is 8.93. The van der Waals surface area contributed by atoms with E-state index >= 15 is 0 Å². The number of carbonyl (C=O) groups excluding carboxylic acids is 1. The third-order valence-corrected chi connectivity index (χ3v) is 8.00. The Balaban J connectivity index is 1.34. The summed E-state index contributed by atoms with van der Waals surface area (Å²) < 4.78 is 24.9. The molecule has 6 rings (SSSR count). The quantitative estimate of drug-likeness (QED) is 0.270. The van der Waals surface area contributed by atoms with E-state index in [1.807, 2.05) is 17.2 Å². The zero-order valence-corrected chi connectivity index (χ0v) is 22.8. The van der Waals surface area contributed by atoms with E-state index in [9.17, 15) is 9.18 Å². The molecule has 0 aliphatic carbocycles. The number of aromatic nitrogens is 4. The normalized spacial score (nSPS) is 16.8. The Morgan fingerprint density at radius 1 is 1.18 bits per heavy atom. The number of halogens is 1. The van der Waals surface area contributed by atoms with Crippen molar-refractivity contribution in [2.24, 2.45) is 5.73 Å². The van der Waals surface area contributed by atoms with Crippen molar-refractivity contribution >= 4 is 17.2 Å². The lowest BCUT2D eigenvalue weighted by atomic mass is 9.94. The number of thiazole rings is 1. The van der Waals surface area contributed by atoms with Gasteiger partial charge in [-0.2, -0.15) is 0 Å². The highest BCUT2D eigenvalue weighted by molar-refractivity contribution is 7.09. The number of amides is 1. The van der Waals surface area contributed by atoms with Crippen LogP contribution in [0, 0.1) is 12.7 Å². The Labute approximate surface area is 233 Å². The summed E-state index contributed by atoms with van der Waals surface area (Å²) in [4.78, 5) is 24.7. The molecule has 4 heterocycles. The standard InChI is InChI=1S/C29H27FN6O3S/c1-17-16-40-26(33-17)23-4-3-10-36(23)27(37)21-13-19(24-32-9-11-38-24)12-20(14-21)25-34-35-28(39-25)29(2,31)15-18-5-7-22(30)8-6-18/h5-9,11-14,16,23H,3-4,10,15,31H2,1-2H3/t23-,29+/m1/s1. The van der Waals surface area contributed by atoms with Crippen molar-refractivity contribution in [2.75, 3.05) is 6.54 Å². The molecular weight excluding hydrogens is 531 g/mol. The SMILES string of the molecule is Cc1csc([C@H]2CCCN2C(=O)c2cc(-c3ncco3)cc(-c3nnc([C@@](C)(N)Cc4ccc(F)cc4)o3)c2)n1. The number of benzene rings is 2. The van der Waals surface area contributed by atoms with E-state index in [-0.39, 0.29) is 29.5 Å². The summed E-state index contributed by atoms with van der Waals surface area (Å²) in [5.74, 6) is 0.358. The lowest BCUT2D eigenvalue weighted by molar-refractivity contribution is 0.0735. The lowest BCUT2D eigenvalue weighted by Gasteiger charge is -2.23. The Morgan fingerprint density at radius 2 is 1.95 bits per heavy atom. The van der Waals surface area contributed by atoms with Gasteiger partial charge < -0.3 is 19.5 Å². The minimum Gasteiger partial charge on any atom is -0.445 e. The van der Waals surface area contributed by atoms with E-state index in [1.54, 1.807) is 54.8 Å². The molecular formula is C29H27FN6O3S. The maximum Gasteiger partial charge on any atom is 0.254 e. The molecule has 0 spiro atoms. The molecule has 3 aromatic heterocycles. The monoisotopic (exact) mass is 558 g/mol. The summed E-state index contributed by atoms with van der Waals surface area (Å²) in [6.07, 6.45) is 5.15. The number of nitrogens with two attached hydrogens (primary N) is 1. The number of likely N-dealkylation sites (tertiary alicyclic amines) is 1. The predicted octanol–water partition coefficient (Wildman–Crippen LogP) is 5.69. The Bertz CT molecular complexity index is 1640. The molecule has 11 heteroatoms. The largest absolute Gasteiger partial charge is 0.445 e. The minimum atomic E-state index is -1.00. The van der Waals surface area contributed by atoms with Gasteiger partial charge in [0.2, 0.25) is 17.7 Å². The number of hydrogen-bond donors (Lipinski definition) is 1. The Morgan fingerprint density at radius 3 is 2.65 bits per heavy atom. The molecule has 2 aromatic carbocycles. The molecule has 1 aliphatic heterocycles. The fourth-order valence-electron chi connectivity index (χ4n) is 4.99. The number of hydrogen-bond acceptors (Lipinski definition) is 9. The van der Waals surface area contributed by atoms with E-state index in [2.05, 4.69) is 20.2 Å². The zero-order valence-electron chi connectivity index (χ0n) is 22.0. The zero-order chi connectivity index (χ0) is 27.9. The number of rotatable bonds is 7. The molecule has 1 aliphatic rings. The molecule has 1 fully saturated rings. The Kier molecular flexibility index (Phi) is 6.77. The fourth-order valence-corrected chi connectivity index (χ4v) is 5.94. The van der Waals surface area contributed by atoms with E-state index in [0.29, 0.717) is 35.5 Å². The molecule has 40 heavy (non-hydrogen) atoms. The fraction of sp³-hybridized carbons (Fsp3) is 0.276. The van der Waals surface area contributed by atoms with Crippen LogP contribution >= 0.6 is 11.3 Å². The molecule has 2 atom stereocenters. The van der Waals surface area contributed by atoms with Gasteiger partial charge in [-0.25, -0.2) is 14.4 Å². The molecule has 1 amide bonds.